The van der Waals surface area contributed by atoms with Crippen LogP contribution in [0, 0.1) is 10.1 Å². The van der Waals surface area contributed by atoms with Gasteiger partial charge in [-0.1, -0.05) is 11.8 Å². The summed E-state index contributed by atoms with van der Waals surface area (Å²) in [4.78, 5) is 61.1. The number of carbonyl (C=O) groups is 4. The van der Waals surface area contributed by atoms with Crippen molar-refractivity contribution in [1.29, 1.82) is 0 Å². The lowest BCUT2D eigenvalue weighted by molar-refractivity contribution is -0.385. The minimum atomic E-state index is -1.20. The topological polar surface area (TPSA) is 173 Å². The average molecular weight is 485 g/mol. The molecule has 14 heteroatoms. The fraction of sp³-hybridized carbons (Fsp3) is 0.526. The second-order valence-corrected chi connectivity index (χ2v) is 8.07. The fourth-order valence-electron chi connectivity index (χ4n) is 3.06. The van der Waals surface area contributed by atoms with Gasteiger partial charge in [0.05, 0.1) is 9.95 Å². The standard InChI is InChI=1S/C19H23N3O10S/c1-9(23)21-16-18(31-12(4)26)17(30-11(3)25)14(8-29-10(2)24)32-19(16)33-15-6-5-13(7-20-15)22(27)28/h5-7,14,16-19H,8H2,1-4H3,(H,21,23)/t14-,16-,17-,18-,19+/m1/s1. The Morgan fingerprint density at radius 1 is 1.09 bits per heavy atom. The highest BCUT2D eigenvalue weighted by molar-refractivity contribution is 7.99. The summed E-state index contributed by atoms with van der Waals surface area (Å²) in [6.45, 7) is 4.38. The quantitative estimate of drug-likeness (QED) is 0.237. The third-order valence-electron chi connectivity index (χ3n) is 4.24. The Morgan fingerprint density at radius 3 is 2.21 bits per heavy atom. The maximum atomic E-state index is 11.9. The van der Waals surface area contributed by atoms with Gasteiger partial charge in [-0.05, 0) is 6.07 Å². The minimum absolute atomic E-state index is 0.220. The average Bonchev–Trinajstić information content (AvgIpc) is 2.70. The first kappa shape index (κ1) is 26.0. The van der Waals surface area contributed by atoms with E-state index in [0.717, 1.165) is 31.8 Å². The molecule has 5 atom stereocenters. The van der Waals surface area contributed by atoms with Crippen molar-refractivity contribution in [2.24, 2.45) is 0 Å². The Kier molecular flexibility index (Phi) is 9.11. The van der Waals surface area contributed by atoms with Gasteiger partial charge in [0.1, 0.15) is 30.4 Å². The molecule has 1 N–H and O–H groups in total. The van der Waals surface area contributed by atoms with Gasteiger partial charge in [-0.2, -0.15) is 0 Å². The second-order valence-electron chi connectivity index (χ2n) is 6.95. The summed E-state index contributed by atoms with van der Waals surface area (Å²) in [6.07, 6.45) is -2.40. The highest BCUT2D eigenvalue weighted by Crippen LogP contribution is 2.35. The van der Waals surface area contributed by atoms with Crippen LogP contribution >= 0.6 is 11.8 Å². The summed E-state index contributed by atoms with van der Waals surface area (Å²) in [5.41, 5.74) is -1.18. The van der Waals surface area contributed by atoms with Crippen LogP contribution in [0.15, 0.2) is 23.4 Å². The largest absolute Gasteiger partial charge is 0.463 e. The fourth-order valence-corrected chi connectivity index (χ4v) is 4.13. The van der Waals surface area contributed by atoms with Crippen LogP contribution in [-0.4, -0.2) is 70.1 Å². The number of thioether (sulfide) groups is 1. The van der Waals surface area contributed by atoms with Crippen LogP contribution in [0.4, 0.5) is 5.69 Å². The molecule has 1 aromatic rings. The smallest absolute Gasteiger partial charge is 0.303 e. The number of pyridine rings is 1. The van der Waals surface area contributed by atoms with Gasteiger partial charge in [0.15, 0.2) is 12.2 Å². The number of nitro groups is 1. The molecule has 0 aromatic carbocycles. The van der Waals surface area contributed by atoms with E-state index in [-0.39, 0.29) is 12.3 Å². The number of nitrogens with one attached hydrogen (secondary N) is 1. The molecule has 0 aliphatic carbocycles. The number of aromatic nitrogens is 1. The maximum absolute atomic E-state index is 11.9. The first-order valence-electron chi connectivity index (χ1n) is 9.65. The molecule has 0 spiro atoms. The summed E-state index contributed by atoms with van der Waals surface area (Å²) in [6, 6.07) is 1.62. The minimum Gasteiger partial charge on any atom is -0.463 e. The van der Waals surface area contributed by atoms with Crippen molar-refractivity contribution in [2.45, 2.75) is 62.5 Å². The molecule has 13 nitrogen and oxygen atoms in total. The molecule has 180 valence electrons. The van der Waals surface area contributed by atoms with Gasteiger partial charge in [-0.25, -0.2) is 4.98 Å². The maximum Gasteiger partial charge on any atom is 0.303 e. The van der Waals surface area contributed by atoms with Gasteiger partial charge in [-0.15, -0.1) is 0 Å². The molecule has 1 aliphatic heterocycles. The summed E-state index contributed by atoms with van der Waals surface area (Å²) in [7, 11) is 0. The zero-order valence-corrected chi connectivity index (χ0v) is 19.0. The van der Waals surface area contributed by atoms with Crippen molar-refractivity contribution >= 4 is 41.3 Å². The normalized spacial score (nSPS) is 24.3. The van der Waals surface area contributed by atoms with Gasteiger partial charge in [0.2, 0.25) is 5.91 Å². The predicted octanol–water partition coefficient (Wildman–Crippen LogP) is 0.738. The Balaban J connectivity index is 2.43. The molecule has 2 heterocycles. The Hall–Kier alpha value is -3.26. The molecule has 1 aromatic heterocycles. The zero-order chi connectivity index (χ0) is 24.7. The van der Waals surface area contributed by atoms with Crippen LogP contribution in [0.2, 0.25) is 0 Å². The molecule has 0 saturated carbocycles. The lowest BCUT2D eigenvalue weighted by Crippen LogP contribution is -2.65. The number of carbonyl (C=O) groups excluding carboxylic acids is 4. The Labute approximate surface area is 192 Å². The first-order valence-corrected chi connectivity index (χ1v) is 10.5. The van der Waals surface area contributed by atoms with Gasteiger partial charge >= 0.3 is 17.9 Å². The SMILES string of the molecule is CC(=O)N[C@@H]1[C@@H](OC(C)=O)[C@H](OC(C)=O)[C@@H](COC(C)=O)O[C@H]1Sc1ccc([N+](=O)[O-])cn1. The molecule has 0 radical (unpaired) electrons. The predicted molar refractivity (Wildman–Crippen MR) is 111 cm³/mol. The molecule has 0 bridgehead atoms. The molecule has 0 unspecified atom stereocenters. The third-order valence-corrected chi connectivity index (χ3v) is 5.36. The van der Waals surface area contributed by atoms with E-state index >= 15 is 0 Å². The highest BCUT2D eigenvalue weighted by atomic mass is 32.2. The molecule has 1 aliphatic rings. The van der Waals surface area contributed by atoms with E-state index in [1.54, 1.807) is 0 Å². The van der Waals surface area contributed by atoms with Crippen molar-refractivity contribution in [3.05, 3.63) is 28.4 Å². The first-order chi connectivity index (χ1) is 15.5. The Bertz CT molecular complexity index is 910. The number of esters is 3. The van der Waals surface area contributed by atoms with Crippen molar-refractivity contribution in [1.82, 2.24) is 10.3 Å². The summed E-state index contributed by atoms with van der Waals surface area (Å²) in [5, 5.41) is 13.8. The van der Waals surface area contributed by atoms with Gasteiger partial charge in [0, 0.05) is 33.8 Å². The number of ether oxygens (including phenoxy) is 4. The van der Waals surface area contributed by atoms with Crippen molar-refractivity contribution < 1.29 is 43.0 Å². The number of amides is 1. The van der Waals surface area contributed by atoms with Crippen molar-refractivity contribution in [3.8, 4) is 0 Å². The van der Waals surface area contributed by atoms with Gasteiger partial charge in [0.25, 0.3) is 5.69 Å². The van der Waals surface area contributed by atoms with Gasteiger partial charge < -0.3 is 24.3 Å². The van der Waals surface area contributed by atoms with E-state index in [9.17, 15) is 29.3 Å². The molecule has 1 saturated heterocycles. The highest BCUT2D eigenvalue weighted by Gasteiger charge is 2.51. The Morgan fingerprint density at radius 2 is 1.73 bits per heavy atom. The lowest BCUT2D eigenvalue weighted by Gasteiger charge is -2.44. The molecule has 1 amide bonds. The number of hydrogen-bond acceptors (Lipinski definition) is 12. The van der Waals surface area contributed by atoms with E-state index < -0.39 is 58.5 Å². The molecular weight excluding hydrogens is 462 g/mol. The summed E-state index contributed by atoms with van der Waals surface area (Å²) in [5.74, 6) is -2.52. The van der Waals surface area contributed by atoms with E-state index in [2.05, 4.69) is 10.3 Å². The molecule has 1 fully saturated rings. The summed E-state index contributed by atoms with van der Waals surface area (Å²) < 4.78 is 21.7. The molecular formula is C19H23N3O10S. The van der Waals surface area contributed by atoms with E-state index in [0.29, 0.717) is 5.03 Å². The second kappa shape index (κ2) is 11.6. The number of nitrogens with zero attached hydrogens (tertiary/aromatic N) is 2. The zero-order valence-electron chi connectivity index (χ0n) is 18.2. The monoisotopic (exact) mass is 485 g/mol. The van der Waals surface area contributed by atoms with Gasteiger partial charge in [-0.3, -0.25) is 29.3 Å². The van der Waals surface area contributed by atoms with Crippen molar-refractivity contribution in [3.63, 3.8) is 0 Å². The molecule has 2 rings (SSSR count). The summed E-state index contributed by atoms with van der Waals surface area (Å²) >= 11 is 0.982. The van der Waals surface area contributed by atoms with E-state index in [4.69, 9.17) is 18.9 Å². The number of rotatable bonds is 8. The van der Waals surface area contributed by atoms with E-state index in [1.165, 1.54) is 26.0 Å². The van der Waals surface area contributed by atoms with Crippen LogP contribution in [0.25, 0.3) is 0 Å². The third kappa shape index (κ3) is 7.68. The number of hydrogen-bond donors (Lipinski definition) is 1. The van der Waals surface area contributed by atoms with Crippen LogP contribution in [-0.2, 0) is 38.1 Å². The van der Waals surface area contributed by atoms with Crippen LogP contribution < -0.4 is 5.32 Å². The van der Waals surface area contributed by atoms with Crippen LogP contribution in [0.3, 0.4) is 0 Å². The lowest BCUT2D eigenvalue weighted by atomic mass is 9.97. The molecule has 33 heavy (non-hydrogen) atoms. The van der Waals surface area contributed by atoms with E-state index in [1.807, 2.05) is 0 Å². The van der Waals surface area contributed by atoms with Crippen LogP contribution in [0.1, 0.15) is 27.7 Å². The van der Waals surface area contributed by atoms with Crippen molar-refractivity contribution in [2.75, 3.05) is 6.61 Å². The van der Waals surface area contributed by atoms with Crippen LogP contribution in [0.5, 0.6) is 0 Å².